The molecule has 2 aliphatic rings. The monoisotopic (exact) mass is 396 g/mol. The van der Waals surface area contributed by atoms with Gasteiger partial charge in [-0.15, -0.1) is 0 Å². The molecule has 0 bridgehead atoms. The summed E-state index contributed by atoms with van der Waals surface area (Å²) in [5.74, 6) is 1.54. The molecule has 0 spiro atoms. The van der Waals surface area contributed by atoms with Gasteiger partial charge in [0, 0.05) is 0 Å². The molecule has 0 heterocycles. The van der Waals surface area contributed by atoms with Crippen LogP contribution in [0.2, 0.25) is 0 Å². The highest BCUT2D eigenvalue weighted by Gasteiger charge is 2.46. The van der Waals surface area contributed by atoms with Gasteiger partial charge in [-0.2, -0.15) is 0 Å². The Morgan fingerprint density at radius 3 is 2.25 bits per heavy atom. The average Bonchev–Trinajstić information content (AvgIpc) is 2.59. The lowest BCUT2D eigenvalue weighted by atomic mass is 9.60. The molecule has 2 rings (SSSR count). The Kier molecular flexibility index (Phi) is 8.07. The maximum atomic E-state index is 11.4. The van der Waals surface area contributed by atoms with Crippen molar-refractivity contribution in [3.63, 3.8) is 0 Å². The molecule has 0 saturated heterocycles. The molecule has 28 heavy (non-hydrogen) atoms. The Morgan fingerprint density at radius 2 is 1.64 bits per heavy atom. The molecule has 2 aliphatic carbocycles. The van der Waals surface area contributed by atoms with Crippen molar-refractivity contribution in [3.8, 4) is 0 Å². The van der Waals surface area contributed by atoms with Crippen molar-refractivity contribution in [1.82, 2.24) is 0 Å². The number of aliphatic hydroxyl groups excluding tert-OH is 1. The van der Waals surface area contributed by atoms with Gasteiger partial charge >= 0.3 is 0 Å². The zero-order valence-corrected chi connectivity index (χ0v) is 19.8. The molecule has 3 heteroatoms. The zero-order valence-electron chi connectivity index (χ0n) is 19.8. The van der Waals surface area contributed by atoms with E-state index in [0.29, 0.717) is 37.2 Å². The number of hydrogen-bond acceptors (Lipinski definition) is 3. The van der Waals surface area contributed by atoms with Crippen molar-refractivity contribution >= 4 is 0 Å². The van der Waals surface area contributed by atoms with Crippen LogP contribution in [0.4, 0.5) is 0 Å². The van der Waals surface area contributed by atoms with Crippen LogP contribution in [0.1, 0.15) is 106 Å². The largest absolute Gasteiger partial charge is 0.391 e. The molecule has 2 fully saturated rings. The lowest BCUT2D eigenvalue weighted by Crippen LogP contribution is -2.49. The van der Waals surface area contributed by atoms with Crippen molar-refractivity contribution in [2.75, 3.05) is 6.61 Å². The molecule has 166 valence electrons. The molecule has 0 aromatic rings. The fraction of sp³-hybridized carbons (Fsp3) is 1.00. The Morgan fingerprint density at radius 1 is 1.00 bits per heavy atom. The van der Waals surface area contributed by atoms with Crippen LogP contribution >= 0.6 is 0 Å². The third kappa shape index (κ3) is 6.44. The third-order valence-corrected chi connectivity index (χ3v) is 7.63. The lowest BCUT2D eigenvalue weighted by Gasteiger charge is -2.49. The maximum Gasteiger partial charge on any atom is 0.0774 e. The third-order valence-electron chi connectivity index (χ3n) is 7.63. The van der Waals surface area contributed by atoms with E-state index >= 15 is 0 Å². The van der Waals surface area contributed by atoms with E-state index in [2.05, 4.69) is 48.5 Å². The minimum absolute atomic E-state index is 0.0902. The Hall–Kier alpha value is -0.120. The molecule has 0 aromatic carbocycles. The molecule has 0 amide bonds. The normalized spacial score (nSPS) is 36.3. The lowest BCUT2D eigenvalue weighted by molar-refractivity contribution is -0.117. The van der Waals surface area contributed by atoms with Gasteiger partial charge in [0.1, 0.15) is 0 Å². The first kappa shape index (κ1) is 24.2. The van der Waals surface area contributed by atoms with Gasteiger partial charge in [0.25, 0.3) is 0 Å². The fourth-order valence-electron chi connectivity index (χ4n) is 5.89. The minimum Gasteiger partial charge on any atom is -0.391 e. The van der Waals surface area contributed by atoms with Crippen molar-refractivity contribution < 1.29 is 14.9 Å². The van der Waals surface area contributed by atoms with E-state index in [-0.39, 0.29) is 16.9 Å². The van der Waals surface area contributed by atoms with E-state index in [1.807, 2.05) is 0 Å². The van der Waals surface area contributed by atoms with Crippen LogP contribution in [0.5, 0.6) is 0 Å². The Balaban J connectivity index is 1.87. The molecule has 2 saturated carbocycles. The molecule has 3 nitrogen and oxygen atoms in total. The van der Waals surface area contributed by atoms with Crippen LogP contribution in [-0.2, 0) is 4.74 Å². The molecular weight excluding hydrogens is 348 g/mol. The second kappa shape index (κ2) is 9.35. The van der Waals surface area contributed by atoms with Crippen molar-refractivity contribution in [3.05, 3.63) is 0 Å². The van der Waals surface area contributed by atoms with Crippen LogP contribution in [-0.4, -0.2) is 34.6 Å². The van der Waals surface area contributed by atoms with Crippen LogP contribution in [0, 0.1) is 28.6 Å². The number of hydrogen-bond donors (Lipinski definition) is 2. The van der Waals surface area contributed by atoms with Crippen LogP contribution in [0.3, 0.4) is 0 Å². The van der Waals surface area contributed by atoms with Crippen LogP contribution < -0.4 is 0 Å². The Bertz CT molecular complexity index is 475. The molecule has 0 radical (unpaired) electrons. The summed E-state index contributed by atoms with van der Waals surface area (Å²) in [6.07, 6.45) is 9.01. The van der Waals surface area contributed by atoms with Gasteiger partial charge in [-0.25, -0.2) is 0 Å². The second-order valence-electron chi connectivity index (χ2n) is 12.2. The van der Waals surface area contributed by atoms with Crippen molar-refractivity contribution in [2.24, 2.45) is 28.6 Å². The van der Waals surface area contributed by atoms with E-state index in [4.69, 9.17) is 4.74 Å². The van der Waals surface area contributed by atoms with Gasteiger partial charge in [0.2, 0.25) is 0 Å². The SMILES string of the molecule is CC1CCC(O)(CCC(O)COC2CCCCC2C(C)(C)C)C(C(C)(C)C)C1. The van der Waals surface area contributed by atoms with Crippen LogP contribution in [0.15, 0.2) is 0 Å². The predicted octanol–water partition coefficient (Wildman–Crippen LogP) is 5.96. The first-order chi connectivity index (χ1) is 12.8. The van der Waals surface area contributed by atoms with E-state index in [1.165, 1.54) is 19.3 Å². The molecule has 6 unspecified atom stereocenters. The standard InChI is InChI=1S/C25H48O3/c1-18-12-14-25(27,22(16-18)24(5,6)7)15-13-19(26)17-28-21-11-9-8-10-20(21)23(2,3)4/h18-22,26-27H,8-17H2,1-7H3. The van der Waals surface area contributed by atoms with Gasteiger partial charge in [-0.05, 0) is 73.5 Å². The summed E-state index contributed by atoms with van der Waals surface area (Å²) in [5, 5.41) is 22.1. The second-order valence-corrected chi connectivity index (χ2v) is 12.2. The highest BCUT2D eigenvalue weighted by atomic mass is 16.5. The summed E-state index contributed by atoms with van der Waals surface area (Å²) in [7, 11) is 0. The first-order valence-corrected chi connectivity index (χ1v) is 11.8. The smallest absolute Gasteiger partial charge is 0.0774 e. The molecule has 6 atom stereocenters. The summed E-state index contributed by atoms with van der Waals surface area (Å²) in [6, 6.07) is 0. The van der Waals surface area contributed by atoms with Gasteiger partial charge in [-0.1, -0.05) is 61.3 Å². The van der Waals surface area contributed by atoms with Gasteiger partial charge in [0.05, 0.1) is 24.4 Å². The maximum absolute atomic E-state index is 11.4. The van der Waals surface area contributed by atoms with Gasteiger partial charge in [-0.3, -0.25) is 0 Å². The van der Waals surface area contributed by atoms with E-state index < -0.39 is 11.7 Å². The first-order valence-electron chi connectivity index (χ1n) is 11.8. The highest BCUT2D eigenvalue weighted by molar-refractivity contribution is 4.97. The van der Waals surface area contributed by atoms with E-state index in [0.717, 1.165) is 25.7 Å². The highest BCUT2D eigenvalue weighted by Crippen LogP contribution is 2.48. The summed E-state index contributed by atoms with van der Waals surface area (Å²) in [6.45, 7) is 16.4. The van der Waals surface area contributed by atoms with Gasteiger partial charge < -0.3 is 14.9 Å². The molecular formula is C25H48O3. The topological polar surface area (TPSA) is 49.7 Å². The molecule has 2 N–H and O–H groups in total. The average molecular weight is 397 g/mol. The quantitative estimate of drug-likeness (QED) is 0.582. The number of ether oxygens (including phenoxy) is 1. The Labute approximate surface area is 174 Å². The van der Waals surface area contributed by atoms with Gasteiger partial charge in [0.15, 0.2) is 0 Å². The van der Waals surface area contributed by atoms with Crippen molar-refractivity contribution in [1.29, 1.82) is 0 Å². The fourth-order valence-corrected chi connectivity index (χ4v) is 5.89. The molecule has 0 aromatic heterocycles. The predicted molar refractivity (Wildman–Crippen MR) is 117 cm³/mol. The summed E-state index contributed by atoms with van der Waals surface area (Å²) >= 11 is 0. The van der Waals surface area contributed by atoms with Crippen LogP contribution in [0.25, 0.3) is 0 Å². The minimum atomic E-state index is -0.648. The number of aliphatic hydroxyl groups is 2. The van der Waals surface area contributed by atoms with E-state index in [1.54, 1.807) is 0 Å². The van der Waals surface area contributed by atoms with Crippen molar-refractivity contribution in [2.45, 2.75) is 124 Å². The summed E-state index contributed by atoms with van der Waals surface area (Å²) < 4.78 is 6.24. The summed E-state index contributed by atoms with van der Waals surface area (Å²) in [5.41, 5.74) is -0.304. The number of rotatable bonds is 6. The zero-order chi connectivity index (χ0) is 21.2. The molecule has 0 aliphatic heterocycles. The summed E-state index contributed by atoms with van der Waals surface area (Å²) in [4.78, 5) is 0. The van der Waals surface area contributed by atoms with E-state index in [9.17, 15) is 10.2 Å².